The number of nitrogens with one attached hydrogen (secondary N) is 1. The number of halogens is 2. The lowest BCUT2D eigenvalue weighted by Gasteiger charge is -2.12. The fourth-order valence-electron chi connectivity index (χ4n) is 1.55. The highest BCUT2D eigenvalue weighted by Gasteiger charge is 2.21. The van der Waals surface area contributed by atoms with Gasteiger partial charge in [0.15, 0.2) is 0 Å². The molecular formula is C12H13F2NO4S. The normalized spacial score (nSPS) is 13.6. The van der Waals surface area contributed by atoms with E-state index in [0.717, 1.165) is 19.1 Å². The molecule has 110 valence electrons. The molecular weight excluding hydrogens is 292 g/mol. The smallest absolute Gasteiger partial charge is 0.327 e. The van der Waals surface area contributed by atoms with Crippen LogP contribution in [0.2, 0.25) is 0 Å². The van der Waals surface area contributed by atoms with Gasteiger partial charge in [-0.25, -0.2) is 13.6 Å². The van der Waals surface area contributed by atoms with Crippen LogP contribution in [0.15, 0.2) is 18.2 Å². The molecule has 1 aromatic carbocycles. The maximum absolute atomic E-state index is 13.0. The predicted octanol–water partition coefficient (Wildman–Crippen LogP) is 0.803. The van der Waals surface area contributed by atoms with Crippen molar-refractivity contribution in [2.75, 3.05) is 5.75 Å². The van der Waals surface area contributed by atoms with Gasteiger partial charge in [0.2, 0.25) is 5.91 Å². The molecule has 0 aromatic heterocycles. The number of rotatable bonds is 6. The first-order valence-electron chi connectivity index (χ1n) is 5.58. The molecule has 0 aliphatic rings. The van der Waals surface area contributed by atoms with Crippen molar-refractivity contribution in [2.24, 2.45) is 0 Å². The molecule has 5 nitrogen and oxygen atoms in total. The van der Waals surface area contributed by atoms with Crippen LogP contribution in [-0.2, 0) is 26.1 Å². The lowest BCUT2D eigenvalue weighted by Crippen LogP contribution is -2.43. The number of carboxylic acid groups (broad SMARTS) is 1. The molecule has 20 heavy (non-hydrogen) atoms. The maximum atomic E-state index is 13.0. The van der Waals surface area contributed by atoms with E-state index in [0.29, 0.717) is 6.07 Å². The van der Waals surface area contributed by atoms with Gasteiger partial charge < -0.3 is 10.4 Å². The van der Waals surface area contributed by atoms with E-state index in [9.17, 15) is 22.6 Å². The van der Waals surface area contributed by atoms with E-state index < -0.39 is 40.4 Å². The number of hydrogen-bond donors (Lipinski definition) is 2. The van der Waals surface area contributed by atoms with Gasteiger partial charge in [0.1, 0.15) is 17.7 Å². The molecule has 0 heterocycles. The monoisotopic (exact) mass is 305 g/mol. The summed E-state index contributed by atoms with van der Waals surface area (Å²) in [4.78, 5) is 21.7. The first-order chi connectivity index (χ1) is 9.27. The highest BCUT2D eigenvalue weighted by Crippen LogP contribution is 2.10. The van der Waals surface area contributed by atoms with Gasteiger partial charge in [-0.05, 0) is 17.7 Å². The van der Waals surface area contributed by atoms with Crippen LogP contribution in [0.5, 0.6) is 0 Å². The van der Waals surface area contributed by atoms with Gasteiger partial charge in [-0.1, -0.05) is 0 Å². The fraction of sp³-hybridized carbons (Fsp3) is 0.333. The number of amides is 1. The maximum Gasteiger partial charge on any atom is 0.327 e. The van der Waals surface area contributed by atoms with E-state index in [2.05, 4.69) is 5.32 Å². The number of aliphatic carboxylic acids is 1. The summed E-state index contributed by atoms with van der Waals surface area (Å²) in [7, 11) is -1.68. The standard InChI is InChI=1S/C12H13F2NO4S/c1-7(16)15-11(12(17)18)6-20(19)5-8-2-9(13)4-10(14)3-8/h2-4,11H,5-6H2,1H3,(H,15,16)(H,17,18)/t11-,20?/m0/s1. The third-order valence-corrected chi connectivity index (χ3v) is 3.64. The molecule has 0 spiro atoms. The Kier molecular flexibility index (Phi) is 5.75. The highest BCUT2D eigenvalue weighted by atomic mass is 32.2. The van der Waals surface area contributed by atoms with Crippen molar-refractivity contribution in [1.29, 1.82) is 0 Å². The van der Waals surface area contributed by atoms with Gasteiger partial charge >= 0.3 is 5.97 Å². The van der Waals surface area contributed by atoms with Crippen LogP contribution in [0, 0.1) is 11.6 Å². The number of carbonyl (C=O) groups excluding carboxylic acids is 1. The van der Waals surface area contributed by atoms with E-state index in [-0.39, 0.29) is 17.1 Å². The summed E-state index contributed by atoms with van der Waals surface area (Å²) in [6.07, 6.45) is 0. The summed E-state index contributed by atoms with van der Waals surface area (Å²) in [5.41, 5.74) is 0.160. The Morgan fingerprint density at radius 2 is 1.85 bits per heavy atom. The first kappa shape index (κ1) is 16.2. The van der Waals surface area contributed by atoms with Gasteiger partial charge in [-0.15, -0.1) is 0 Å². The summed E-state index contributed by atoms with van der Waals surface area (Å²) >= 11 is 0. The molecule has 0 fully saturated rings. The Balaban J connectivity index is 2.70. The Bertz CT molecular complexity index is 530. The Labute approximate surface area is 116 Å². The van der Waals surface area contributed by atoms with Crippen molar-refractivity contribution in [3.63, 3.8) is 0 Å². The molecule has 1 aromatic rings. The number of carbonyl (C=O) groups is 2. The lowest BCUT2D eigenvalue weighted by atomic mass is 10.2. The van der Waals surface area contributed by atoms with Crippen LogP contribution < -0.4 is 5.32 Å². The highest BCUT2D eigenvalue weighted by molar-refractivity contribution is 7.84. The minimum Gasteiger partial charge on any atom is -0.480 e. The third kappa shape index (κ3) is 5.43. The quantitative estimate of drug-likeness (QED) is 0.814. The van der Waals surface area contributed by atoms with E-state index in [1.807, 2.05) is 0 Å². The summed E-state index contributed by atoms with van der Waals surface area (Å²) in [5.74, 6) is -4.02. The van der Waals surface area contributed by atoms with Gasteiger partial charge in [0.25, 0.3) is 0 Å². The van der Waals surface area contributed by atoms with Gasteiger partial charge in [0, 0.05) is 29.5 Å². The van der Waals surface area contributed by atoms with Crippen LogP contribution in [0.1, 0.15) is 12.5 Å². The van der Waals surface area contributed by atoms with E-state index in [1.165, 1.54) is 0 Å². The summed E-state index contributed by atoms with van der Waals surface area (Å²) in [6, 6.07) is 1.43. The molecule has 1 unspecified atom stereocenters. The Hall–Kier alpha value is -1.83. The van der Waals surface area contributed by atoms with E-state index in [4.69, 9.17) is 5.11 Å². The van der Waals surface area contributed by atoms with Crippen LogP contribution in [0.4, 0.5) is 8.78 Å². The van der Waals surface area contributed by atoms with Crippen LogP contribution >= 0.6 is 0 Å². The molecule has 2 atom stereocenters. The zero-order chi connectivity index (χ0) is 15.3. The molecule has 0 saturated carbocycles. The molecule has 0 bridgehead atoms. The molecule has 1 amide bonds. The van der Waals surface area contributed by atoms with Crippen molar-refractivity contribution < 1.29 is 27.7 Å². The number of carboxylic acids is 1. The average molecular weight is 305 g/mol. The molecule has 0 radical (unpaired) electrons. The minimum atomic E-state index is -1.68. The second-order valence-electron chi connectivity index (χ2n) is 4.12. The van der Waals surface area contributed by atoms with E-state index in [1.54, 1.807) is 0 Å². The molecule has 8 heteroatoms. The largest absolute Gasteiger partial charge is 0.480 e. The summed E-state index contributed by atoms with van der Waals surface area (Å²) in [5, 5.41) is 11.0. The van der Waals surface area contributed by atoms with Crippen molar-refractivity contribution in [3.8, 4) is 0 Å². The first-order valence-corrected chi connectivity index (χ1v) is 7.06. The Morgan fingerprint density at radius 1 is 1.30 bits per heavy atom. The van der Waals surface area contributed by atoms with Crippen LogP contribution in [-0.4, -0.2) is 33.0 Å². The number of benzene rings is 1. The van der Waals surface area contributed by atoms with Gasteiger partial charge in [-0.3, -0.25) is 9.00 Å². The van der Waals surface area contributed by atoms with Gasteiger partial charge in [0.05, 0.1) is 5.75 Å². The fourth-order valence-corrected chi connectivity index (χ4v) is 2.80. The molecule has 0 aliphatic carbocycles. The SMILES string of the molecule is CC(=O)N[C@@H](CS(=O)Cc1cc(F)cc(F)c1)C(=O)O. The zero-order valence-electron chi connectivity index (χ0n) is 10.6. The Morgan fingerprint density at radius 3 is 2.30 bits per heavy atom. The van der Waals surface area contributed by atoms with Crippen LogP contribution in [0.25, 0.3) is 0 Å². The van der Waals surface area contributed by atoms with Crippen molar-refractivity contribution in [2.45, 2.75) is 18.7 Å². The predicted molar refractivity (Wildman–Crippen MR) is 68.3 cm³/mol. The van der Waals surface area contributed by atoms with Crippen LogP contribution in [0.3, 0.4) is 0 Å². The lowest BCUT2D eigenvalue weighted by molar-refractivity contribution is -0.140. The topological polar surface area (TPSA) is 83.5 Å². The third-order valence-electron chi connectivity index (χ3n) is 2.28. The average Bonchev–Trinajstić information content (AvgIpc) is 2.25. The van der Waals surface area contributed by atoms with E-state index >= 15 is 0 Å². The molecule has 2 N–H and O–H groups in total. The summed E-state index contributed by atoms with van der Waals surface area (Å²) < 4.78 is 37.7. The summed E-state index contributed by atoms with van der Waals surface area (Å²) in [6.45, 7) is 1.14. The molecule has 0 saturated heterocycles. The van der Waals surface area contributed by atoms with Gasteiger partial charge in [-0.2, -0.15) is 0 Å². The molecule has 0 aliphatic heterocycles. The second-order valence-corrected chi connectivity index (χ2v) is 5.62. The minimum absolute atomic E-state index is 0.160. The van der Waals surface area contributed by atoms with Crippen molar-refractivity contribution >= 4 is 22.7 Å². The zero-order valence-corrected chi connectivity index (χ0v) is 11.4. The molecule has 1 rings (SSSR count). The number of hydrogen-bond acceptors (Lipinski definition) is 3. The van der Waals surface area contributed by atoms with Crippen molar-refractivity contribution in [1.82, 2.24) is 5.32 Å². The van der Waals surface area contributed by atoms with Crippen molar-refractivity contribution in [3.05, 3.63) is 35.4 Å². The second kappa shape index (κ2) is 7.09.